The largest absolute Gasteiger partial charge is 0.399 e. The predicted octanol–water partition coefficient (Wildman–Crippen LogP) is 5.38. The summed E-state index contributed by atoms with van der Waals surface area (Å²) in [5.41, 5.74) is 8.75. The number of carbonyl (C=O) groups excluding carboxylic acids is 4. The molecule has 1 aromatic rings. The monoisotopic (exact) mass is 528 g/mol. The summed E-state index contributed by atoms with van der Waals surface area (Å²) in [5.74, 6) is 1.76. The molecule has 1 aromatic carbocycles. The van der Waals surface area contributed by atoms with E-state index in [1.165, 1.54) is 0 Å². The van der Waals surface area contributed by atoms with Crippen molar-refractivity contribution < 1.29 is 19.2 Å². The number of anilines is 1. The van der Waals surface area contributed by atoms with Crippen molar-refractivity contribution in [2.45, 2.75) is 77.6 Å². The van der Waals surface area contributed by atoms with Crippen molar-refractivity contribution in [2.24, 2.45) is 28.6 Å². The second kappa shape index (κ2) is 9.72. The van der Waals surface area contributed by atoms with Crippen molar-refractivity contribution in [3.05, 3.63) is 65.8 Å². The van der Waals surface area contributed by atoms with Gasteiger partial charge >= 0.3 is 0 Å². The van der Waals surface area contributed by atoms with Crippen LogP contribution in [-0.4, -0.2) is 23.4 Å². The SMILES string of the molecule is C=C1C[C@@H]2[C@H](CC[C@]3(C)C(=O)CC[C@@H]23)[C@@]2(C)C=CC(=O)C=C12.CCC1(c2ccc(N)cc2)CCC(=O)NC1=O. The fourth-order valence-electron chi connectivity index (χ4n) is 8.35. The molecule has 6 atom stereocenters. The van der Waals surface area contributed by atoms with Crippen molar-refractivity contribution in [1.82, 2.24) is 5.32 Å². The topological polar surface area (TPSA) is 106 Å². The molecule has 1 heterocycles. The lowest BCUT2D eigenvalue weighted by Gasteiger charge is -2.56. The van der Waals surface area contributed by atoms with E-state index in [1.807, 2.05) is 19.1 Å². The van der Waals surface area contributed by atoms with Crippen LogP contribution in [0.4, 0.5) is 5.69 Å². The summed E-state index contributed by atoms with van der Waals surface area (Å²) in [4.78, 5) is 47.5. The number of imide groups is 1. The van der Waals surface area contributed by atoms with E-state index in [0.29, 0.717) is 48.5 Å². The van der Waals surface area contributed by atoms with Crippen LogP contribution in [-0.2, 0) is 24.6 Å². The summed E-state index contributed by atoms with van der Waals surface area (Å²) in [5, 5.41) is 2.43. The molecule has 6 rings (SSSR count). The normalized spacial score (nSPS) is 37.2. The Morgan fingerprint density at radius 2 is 1.72 bits per heavy atom. The van der Waals surface area contributed by atoms with Gasteiger partial charge in [0, 0.05) is 29.4 Å². The van der Waals surface area contributed by atoms with Gasteiger partial charge in [-0.2, -0.15) is 0 Å². The van der Waals surface area contributed by atoms with E-state index < -0.39 is 5.41 Å². The molecule has 1 saturated heterocycles. The molecule has 0 spiro atoms. The van der Waals surface area contributed by atoms with Gasteiger partial charge in [0.25, 0.3) is 0 Å². The third kappa shape index (κ3) is 4.32. The molecular weight excluding hydrogens is 488 g/mol. The minimum atomic E-state index is -0.582. The molecule has 0 radical (unpaired) electrons. The Morgan fingerprint density at radius 1 is 1.00 bits per heavy atom. The maximum atomic E-state index is 12.4. The molecule has 6 nitrogen and oxygen atoms in total. The Kier molecular flexibility index (Phi) is 6.80. The minimum absolute atomic E-state index is 0.0686. The van der Waals surface area contributed by atoms with Crippen LogP contribution in [0.3, 0.4) is 0 Å². The smallest absolute Gasteiger partial charge is 0.237 e. The first-order chi connectivity index (χ1) is 18.4. The first kappa shape index (κ1) is 27.3. The first-order valence-electron chi connectivity index (χ1n) is 14.3. The number of allylic oxidation sites excluding steroid dienone is 5. The lowest BCUT2D eigenvalue weighted by atomic mass is 9.48. The molecule has 5 aliphatic rings. The Morgan fingerprint density at radius 3 is 2.38 bits per heavy atom. The lowest BCUT2D eigenvalue weighted by molar-refractivity contribution is -0.138. The number of amides is 2. The number of hydrogen-bond acceptors (Lipinski definition) is 5. The quantitative estimate of drug-likeness (QED) is 0.396. The average molecular weight is 529 g/mol. The fraction of sp³-hybridized carbons (Fsp3) is 0.515. The van der Waals surface area contributed by atoms with Gasteiger partial charge in [-0.3, -0.25) is 24.5 Å². The van der Waals surface area contributed by atoms with Crippen LogP contribution in [0.5, 0.6) is 0 Å². The zero-order valence-corrected chi connectivity index (χ0v) is 23.3. The lowest BCUT2D eigenvalue weighted by Crippen LogP contribution is -2.51. The maximum absolute atomic E-state index is 12.4. The predicted molar refractivity (Wildman–Crippen MR) is 151 cm³/mol. The summed E-state index contributed by atoms with van der Waals surface area (Å²) < 4.78 is 0. The van der Waals surface area contributed by atoms with Gasteiger partial charge in [0.05, 0.1) is 5.41 Å². The van der Waals surface area contributed by atoms with E-state index in [0.717, 1.165) is 48.8 Å². The Hall–Kier alpha value is -3.28. The van der Waals surface area contributed by atoms with E-state index in [4.69, 9.17) is 5.73 Å². The number of rotatable bonds is 2. The number of nitrogen functional groups attached to an aromatic ring is 1. The maximum Gasteiger partial charge on any atom is 0.237 e. The molecule has 0 aromatic heterocycles. The number of ketones is 2. The number of nitrogens with one attached hydrogen (secondary N) is 1. The number of nitrogens with two attached hydrogens (primary N) is 1. The highest BCUT2D eigenvalue weighted by Gasteiger charge is 2.59. The van der Waals surface area contributed by atoms with E-state index in [1.54, 1.807) is 24.3 Å². The second-order valence-electron chi connectivity index (χ2n) is 12.6. The van der Waals surface area contributed by atoms with Crippen molar-refractivity contribution in [3.8, 4) is 0 Å². The summed E-state index contributed by atoms with van der Waals surface area (Å²) in [6.07, 6.45) is 12.1. The van der Waals surface area contributed by atoms with Gasteiger partial charge in [-0.1, -0.05) is 51.1 Å². The van der Waals surface area contributed by atoms with Crippen molar-refractivity contribution in [2.75, 3.05) is 5.73 Å². The standard InChI is InChI=1S/C20H24O2.C13H16N2O2/c1-12-10-14-15-4-5-18(22)20(15,3)9-7-16(14)19(2)8-6-13(21)11-17(12)19;1-2-13(8-7-11(16)15-12(13)17)9-3-5-10(14)6-4-9/h6,8,11,14-16H,1,4-5,7,9-10H2,2-3H3;3-6H,2,7-8,14H2,1H3,(H,15,16,17)/t14-,15-,16-,19+,20-;/m0./s1. The number of benzene rings is 1. The minimum Gasteiger partial charge on any atom is -0.399 e. The molecule has 1 aliphatic heterocycles. The van der Waals surface area contributed by atoms with Crippen molar-refractivity contribution >= 4 is 29.1 Å². The molecule has 3 N–H and O–H groups in total. The van der Waals surface area contributed by atoms with E-state index in [2.05, 4.69) is 31.8 Å². The molecule has 4 fully saturated rings. The highest BCUT2D eigenvalue weighted by Crippen LogP contribution is 2.64. The number of fused-ring (bicyclic) bond motifs is 5. The Balaban J connectivity index is 0.000000164. The third-order valence-corrected chi connectivity index (χ3v) is 10.8. The van der Waals surface area contributed by atoms with Gasteiger partial charge in [-0.05, 0) is 91.7 Å². The molecule has 39 heavy (non-hydrogen) atoms. The zero-order chi connectivity index (χ0) is 28.2. The molecular formula is C33H40N2O4. The van der Waals surface area contributed by atoms with E-state index >= 15 is 0 Å². The van der Waals surface area contributed by atoms with Crippen LogP contribution in [0, 0.1) is 28.6 Å². The number of Topliss-reactive ketones (excluding diaryl/α,β-unsaturated/α-hetero) is 1. The molecule has 2 amide bonds. The number of carbonyl (C=O) groups is 4. The summed E-state index contributed by atoms with van der Waals surface area (Å²) in [6, 6.07) is 7.31. The van der Waals surface area contributed by atoms with Crippen LogP contribution < -0.4 is 11.1 Å². The first-order valence-corrected chi connectivity index (χ1v) is 14.3. The Bertz CT molecular complexity index is 1310. The van der Waals surface area contributed by atoms with Gasteiger partial charge in [-0.25, -0.2) is 0 Å². The van der Waals surface area contributed by atoms with Crippen molar-refractivity contribution in [1.29, 1.82) is 0 Å². The fourth-order valence-corrected chi connectivity index (χ4v) is 8.35. The zero-order valence-electron chi connectivity index (χ0n) is 23.3. The molecule has 1 unspecified atom stereocenters. The highest BCUT2D eigenvalue weighted by atomic mass is 16.2. The summed E-state index contributed by atoms with van der Waals surface area (Å²) in [7, 11) is 0. The van der Waals surface area contributed by atoms with Gasteiger partial charge in [-0.15, -0.1) is 0 Å². The molecule has 206 valence electrons. The highest BCUT2D eigenvalue weighted by molar-refractivity contribution is 6.03. The molecule has 0 bridgehead atoms. The number of piperidine rings is 1. The van der Waals surface area contributed by atoms with Crippen LogP contribution in [0.25, 0.3) is 0 Å². The van der Waals surface area contributed by atoms with Gasteiger partial charge in [0.1, 0.15) is 5.78 Å². The summed E-state index contributed by atoms with van der Waals surface area (Å²) >= 11 is 0. The third-order valence-electron chi connectivity index (χ3n) is 10.8. The molecule has 3 saturated carbocycles. The van der Waals surface area contributed by atoms with Crippen LogP contribution in [0.2, 0.25) is 0 Å². The van der Waals surface area contributed by atoms with E-state index in [-0.39, 0.29) is 28.4 Å². The van der Waals surface area contributed by atoms with Crippen LogP contribution in [0.15, 0.2) is 60.2 Å². The molecule has 4 aliphatic carbocycles. The van der Waals surface area contributed by atoms with Crippen molar-refractivity contribution in [3.63, 3.8) is 0 Å². The van der Waals surface area contributed by atoms with Crippen LogP contribution >= 0.6 is 0 Å². The second-order valence-corrected chi connectivity index (χ2v) is 12.6. The van der Waals surface area contributed by atoms with Crippen LogP contribution in [0.1, 0.15) is 77.7 Å². The molecule has 6 heteroatoms. The van der Waals surface area contributed by atoms with Gasteiger partial charge in [0.2, 0.25) is 11.8 Å². The van der Waals surface area contributed by atoms with Gasteiger partial charge in [0.15, 0.2) is 5.78 Å². The number of hydrogen-bond donors (Lipinski definition) is 2. The van der Waals surface area contributed by atoms with E-state index in [9.17, 15) is 19.2 Å². The Labute approximate surface area is 231 Å². The average Bonchev–Trinajstić information content (AvgIpc) is 3.21. The summed E-state index contributed by atoms with van der Waals surface area (Å²) in [6.45, 7) is 10.7. The van der Waals surface area contributed by atoms with Gasteiger partial charge < -0.3 is 5.73 Å².